The lowest BCUT2D eigenvalue weighted by Gasteiger charge is -2.32. The van der Waals surface area contributed by atoms with E-state index >= 15 is 0 Å². The van der Waals surface area contributed by atoms with Gasteiger partial charge in [-0.15, -0.1) is 0 Å². The summed E-state index contributed by atoms with van der Waals surface area (Å²) >= 11 is 0. The molecule has 0 fully saturated rings. The summed E-state index contributed by atoms with van der Waals surface area (Å²) in [6.45, 7) is 4.49. The first-order valence-electron chi connectivity index (χ1n) is 18.0. The van der Waals surface area contributed by atoms with Crippen LogP contribution >= 0.6 is 0 Å². The van der Waals surface area contributed by atoms with E-state index in [9.17, 15) is 0 Å². The predicted octanol–water partition coefficient (Wildman–Crippen LogP) is 13.2. The van der Waals surface area contributed by atoms with Gasteiger partial charge in [0.2, 0.25) is 0 Å². The van der Waals surface area contributed by atoms with Crippen molar-refractivity contribution in [2.24, 2.45) is 0 Å². The third-order valence-corrected chi connectivity index (χ3v) is 11.6. The van der Waals surface area contributed by atoms with E-state index in [4.69, 9.17) is 0 Å². The van der Waals surface area contributed by atoms with E-state index in [2.05, 4.69) is 200 Å². The second-order valence-electron chi connectivity index (χ2n) is 14.1. The van der Waals surface area contributed by atoms with Crippen LogP contribution in [0.25, 0.3) is 50.1 Å². The number of nitrogens with zero attached hydrogens (tertiary/aromatic N) is 1. The molecule has 8 aromatic rings. The summed E-state index contributed by atoms with van der Waals surface area (Å²) in [6.07, 6.45) is 0. The fourth-order valence-electron chi connectivity index (χ4n) is 9.39. The monoisotopic (exact) mass is 659 g/mol. The highest BCUT2D eigenvalue weighted by atomic mass is 15.1. The van der Waals surface area contributed by atoms with Crippen LogP contribution in [0.4, 0.5) is 17.1 Å². The van der Waals surface area contributed by atoms with Crippen LogP contribution in [0.2, 0.25) is 0 Å². The average molecular weight is 660 g/mol. The first-order valence-corrected chi connectivity index (χ1v) is 18.0. The molecule has 1 spiro atoms. The van der Waals surface area contributed by atoms with Crippen LogP contribution in [0.5, 0.6) is 0 Å². The Balaban J connectivity index is 1.16. The van der Waals surface area contributed by atoms with E-state index in [0.29, 0.717) is 0 Å². The fraction of sp³-hybridized carbons (Fsp3) is 0.0196. The first kappa shape index (κ1) is 29.1. The molecule has 3 aliphatic rings. The van der Waals surface area contributed by atoms with E-state index in [0.717, 1.165) is 22.6 Å². The zero-order chi connectivity index (χ0) is 34.4. The van der Waals surface area contributed by atoms with Crippen molar-refractivity contribution < 1.29 is 0 Å². The number of rotatable bonds is 4. The lowest BCUT2D eigenvalue weighted by molar-refractivity contribution is 0.793. The summed E-state index contributed by atoms with van der Waals surface area (Å²) in [6, 6.07) is 69.4. The van der Waals surface area contributed by atoms with Crippen molar-refractivity contribution in [1.82, 2.24) is 0 Å². The number of hydrogen-bond donors (Lipinski definition) is 0. The maximum Gasteiger partial charge on any atom is 0.0726 e. The van der Waals surface area contributed by atoms with Crippen LogP contribution in [0, 0.1) is 0 Å². The minimum Gasteiger partial charge on any atom is -0.310 e. The highest BCUT2D eigenvalue weighted by molar-refractivity contribution is 6.02. The molecule has 0 saturated carbocycles. The van der Waals surface area contributed by atoms with E-state index < -0.39 is 5.41 Å². The lowest BCUT2D eigenvalue weighted by Crippen LogP contribution is -2.26. The van der Waals surface area contributed by atoms with Crippen LogP contribution in [-0.4, -0.2) is 0 Å². The quantitative estimate of drug-likeness (QED) is 0.182. The van der Waals surface area contributed by atoms with Crippen LogP contribution in [0.3, 0.4) is 0 Å². The summed E-state index contributed by atoms with van der Waals surface area (Å²) < 4.78 is 0. The van der Waals surface area contributed by atoms with Gasteiger partial charge in [-0.05, 0) is 120 Å². The molecule has 52 heavy (non-hydrogen) atoms. The molecule has 0 amide bonds. The Morgan fingerprint density at radius 1 is 0.308 bits per heavy atom. The molecule has 242 valence electrons. The molecule has 0 atom stereocenters. The van der Waals surface area contributed by atoms with Gasteiger partial charge in [0, 0.05) is 17.1 Å². The number of hydrogen-bond acceptors (Lipinski definition) is 1. The van der Waals surface area contributed by atoms with Gasteiger partial charge in [0.05, 0.1) is 5.41 Å². The minimum absolute atomic E-state index is 0.410. The second kappa shape index (κ2) is 10.9. The standard InChI is InChI=1S/C51H33N/c1-33-39-15-5-6-16-41(39)46-31-37(27-29-40(33)46)52(36-25-23-35(24-26-36)34-13-3-2-4-14-34)38-28-30-45-44-19-9-12-22-49(44)51(50(45)32-38)47-20-10-7-17-42(47)43-18-8-11-21-48(43)51/h2-32H,1H2. The maximum atomic E-state index is 4.49. The van der Waals surface area contributed by atoms with Gasteiger partial charge < -0.3 is 4.90 Å². The average Bonchev–Trinajstić information content (AvgIpc) is 3.79. The van der Waals surface area contributed by atoms with Crippen LogP contribution in [-0.2, 0) is 5.41 Å². The molecule has 11 rings (SSSR count). The molecule has 0 radical (unpaired) electrons. The Hall–Kier alpha value is -6.70. The highest BCUT2D eigenvalue weighted by Crippen LogP contribution is 2.63. The van der Waals surface area contributed by atoms with E-state index in [1.165, 1.54) is 77.9 Å². The molecule has 0 bridgehead atoms. The molecule has 0 N–H and O–H groups in total. The fourth-order valence-corrected chi connectivity index (χ4v) is 9.39. The van der Waals surface area contributed by atoms with Crippen molar-refractivity contribution in [3.63, 3.8) is 0 Å². The Kier molecular flexibility index (Phi) is 6.09. The van der Waals surface area contributed by atoms with Crippen molar-refractivity contribution in [3.05, 3.63) is 228 Å². The van der Waals surface area contributed by atoms with Gasteiger partial charge in [0.1, 0.15) is 0 Å². The summed E-state index contributed by atoms with van der Waals surface area (Å²) in [5.74, 6) is 0. The summed E-state index contributed by atoms with van der Waals surface area (Å²) in [4.78, 5) is 2.43. The number of benzene rings is 8. The van der Waals surface area contributed by atoms with Gasteiger partial charge in [-0.1, -0.05) is 158 Å². The summed E-state index contributed by atoms with van der Waals surface area (Å²) in [5, 5.41) is 0. The zero-order valence-electron chi connectivity index (χ0n) is 28.6. The Morgan fingerprint density at radius 2 is 0.731 bits per heavy atom. The molecule has 0 aliphatic heterocycles. The van der Waals surface area contributed by atoms with E-state index in [-0.39, 0.29) is 0 Å². The van der Waals surface area contributed by atoms with Gasteiger partial charge in [-0.2, -0.15) is 0 Å². The van der Waals surface area contributed by atoms with Crippen LogP contribution < -0.4 is 4.90 Å². The zero-order valence-corrected chi connectivity index (χ0v) is 28.6. The molecular weight excluding hydrogens is 627 g/mol. The smallest absolute Gasteiger partial charge is 0.0726 e. The second-order valence-corrected chi connectivity index (χ2v) is 14.1. The first-order chi connectivity index (χ1) is 25.7. The molecule has 0 aromatic heterocycles. The largest absolute Gasteiger partial charge is 0.310 e. The molecule has 1 heteroatoms. The highest BCUT2D eigenvalue weighted by Gasteiger charge is 2.51. The van der Waals surface area contributed by atoms with Crippen molar-refractivity contribution in [3.8, 4) is 44.5 Å². The van der Waals surface area contributed by atoms with Crippen molar-refractivity contribution in [2.75, 3.05) is 4.90 Å². The van der Waals surface area contributed by atoms with Gasteiger partial charge in [-0.25, -0.2) is 0 Å². The minimum atomic E-state index is -0.410. The molecule has 0 saturated heterocycles. The molecule has 3 aliphatic carbocycles. The topological polar surface area (TPSA) is 3.24 Å². The van der Waals surface area contributed by atoms with Crippen molar-refractivity contribution in [1.29, 1.82) is 0 Å². The van der Waals surface area contributed by atoms with Gasteiger partial charge in [0.15, 0.2) is 0 Å². The Morgan fingerprint density at radius 3 is 1.35 bits per heavy atom. The molecule has 1 nitrogen and oxygen atoms in total. The molecule has 0 heterocycles. The van der Waals surface area contributed by atoms with Gasteiger partial charge in [0.25, 0.3) is 0 Å². The summed E-state index contributed by atoms with van der Waals surface area (Å²) in [5.41, 5.74) is 22.0. The van der Waals surface area contributed by atoms with Gasteiger partial charge in [-0.3, -0.25) is 0 Å². The maximum absolute atomic E-state index is 4.49. The number of anilines is 3. The van der Waals surface area contributed by atoms with Crippen molar-refractivity contribution in [2.45, 2.75) is 5.41 Å². The third kappa shape index (κ3) is 3.88. The lowest BCUT2D eigenvalue weighted by atomic mass is 9.70. The third-order valence-electron chi connectivity index (χ3n) is 11.6. The normalized spacial score (nSPS) is 13.6. The van der Waals surface area contributed by atoms with E-state index in [1.807, 2.05) is 0 Å². The van der Waals surface area contributed by atoms with E-state index in [1.54, 1.807) is 0 Å². The number of fused-ring (bicyclic) bond motifs is 13. The molecule has 8 aromatic carbocycles. The molecule has 0 unspecified atom stereocenters. The van der Waals surface area contributed by atoms with Gasteiger partial charge >= 0.3 is 0 Å². The molecular formula is C51H33N. The van der Waals surface area contributed by atoms with Crippen molar-refractivity contribution >= 4 is 22.6 Å². The SMILES string of the molecule is C=C1c2ccccc2-c2cc(N(c3ccc(-c4ccccc4)cc3)c3ccc4c(c3)C3(c5ccccc5-c5ccccc53)c3ccccc3-4)ccc21. The predicted molar refractivity (Wildman–Crippen MR) is 216 cm³/mol. The van der Waals surface area contributed by atoms with Crippen LogP contribution in [0.15, 0.2) is 195 Å². The summed E-state index contributed by atoms with van der Waals surface area (Å²) in [7, 11) is 0. The Bertz CT molecular complexity index is 2690. The Labute approximate surface area is 304 Å². The van der Waals surface area contributed by atoms with Crippen LogP contribution in [0.1, 0.15) is 33.4 Å².